The average molecular weight is 322 g/mol. The van der Waals surface area contributed by atoms with Gasteiger partial charge in [-0.25, -0.2) is 4.98 Å². The Kier molecular flexibility index (Phi) is 3.37. The average Bonchev–Trinajstić information content (AvgIpc) is 2.33. The molecule has 1 heterocycles. The quantitative estimate of drug-likeness (QED) is 0.797. The maximum Gasteiger partial charge on any atom is 0.219 e. The first kappa shape index (κ1) is 10.9. The molecule has 1 aromatic carbocycles. The summed E-state index contributed by atoms with van der Waals surface area (Å²) in [6, 6.07) is 13.1. The maximum atomic E-state index is 8.63. The Balaban J connectivity index is 2.22. The lowest BCUT2D eigenvalue weighted by atomic mass is 10.3. The van der Waals surface area contributed by atoms with E-state index in [0.29, 0.717) is 11.4 Å². The smallest absolute Gasteiger partial charge is 0.219 e. The van der Waals surface area contributed by atoms with E-state index in [1.54, 1.807) is 12.1 Å². The third-order valence-electron chi connectivity index (χ3n) is 1.92. The van der Waals surface area contributed by atoms with Crippen LogP contribution in [0.2, 0.25) is 0 Å². The molecule has 78 valence electrons. The number of nitriles is 1. The maximum absolute atomic E-state index is 8.63. The normalized spacial score (nSPS) is 9.50. The molecule has 0 atom stereocenters. The van der Waals surface area contributed by atoms with Crippen molar-refractivity contribution in [1.82, 2.24) is 4.98 Å². The Morgan fingerprint density at radius 3 is 2.62 bits per heavy atom. The molecule has 0 N–H and O–H groups in total. The van der Waals surface area contributed by atoms with Gasteiger partial charge in [0, 0.05) is 12.3 Å². The second-order valence-electron chi connectivity index (χ2n) is 3.03. The molecule has 0 spiro atoms. The van der Waals surface area contributed by atoms with Crippen molar-refractivity contribution in [3.63, 3.8) is 0 Å². The second kappa shape index (κ2) is 4.94. The standard InChI is InChI=1S/C12H7IN2O/c13-10-3-1-2-4-11(10)16-12-6-5-9(7-14)8-15-12/h1-6,8H. The summed E-state index contributed by atoms with van der Waals surface area (Å²) in [6.45, 7) is 0. The number of aromatic nitrogens is 1. The molecule has 4 heteroatoms. The minimum Gasteiger partial charge on any atom is -0.438 e. The molecule has 1 aromatic heterocycles. The van der Waals surface area contributed by atoms with Gasteiger partial charge in [0.15, 0.2) is 0 Å². The number of hydrogen-bond acceptors (Lipinski definition) is 3. The zero-order chi connectivity index (χ0) is 11.4. The van der Waals surface area contributed by atoms with Gasteiger partial charge >= 0.3 is 0 Å². The number of rotatable bonds is 2. The fourth-order valence-corrected chi connectivity index (χ4v) is 1.64. The van der Waals surface area contributed by atoms with Crippen LogP contribution in [0.5, 0.6) is 11.6 Å². The SMILES string of the molecule is N#Cc1ccc(Oc2ccccc2I)nc1. The van der Waals surface area contributed by atoms with Gasteiger partial charge < -0.3 is 4.74 Å². The molecule has 0 aliphatic rings. The molecule has 0 saturated heterocycles. The Labute approximate surface area is 107 Å². The first-order chi connectivity index (χ1) is 7.79. The molecule has 3 nitrogen and oxygen atoms in total. The van der Waals surface area contributed by atoms with Gasteiger partial charge in [-0.2, -0.15) is 5.26 Å². The molecule has 2 rings (SSSR count). The van der Waals surface area contributed by atoms with Crippen LogP contribution in [-0.2, 0) is 0 Å². The van der Waals surface area contributed by atoms with Crippen LogP contribution in [-0.4, -0.2) is 4.98 Å². The van der Waals surface area contributed by atoms with Gasteiger partial charge in [-0.1, -0.05) is 12.1 Å². The Hall–Kier alpha value is -1.61. The highest BCUT2D eigenvalue weighted by atomic mass is 127. The monoisotopic (exact) mass is 322 g/mol. The van der Waals surface area contributed by atoms with Crippen molar-refractivity contribution in [2.75, 3.05) is 0 Å². The van der Waals surface area contributed by atoms with E-state index in [0.717, 1.165) is 9.32 Å². The summed E-state index contributed by atoms with van der Waals surface area (Å²) in [6.07, 6.45) is 1.49. The van der Waals surface area contributed by atoms with E-state index >= 15 is 0 Å². The number of ether oxygens (including phenoxy) is 1. The molecule has 0 amide bonds. The van der Waals surface area contributed by atoms with Gasteiger partial charge in [-0.15, -0.1) is 0 Å². The zero-order valence-electron chi connectivity index (χ0n) is 8.22. The fraction of sp³-hybridized carbons (Fsp3) is 0. The largest absolute Gasteiger partial charge is 0.438 e. The Morgan fingerprint density at radius 1 is 1.19 bits per heavy atom. The van der Waals surface area contributed by atoms with Crippen LogP contribution in [0, 0.1) is 14.9 Å². The Bertz CT molecular complexity index is 531. The molecule has 0 saturated carbocycles. The van der Waals surface area contributed by atoms with Crippen LogP contribution < -0.4 is 4.74 Å². The van der Waals surface area contributed by atoms with E-state index in [4.69, 9.17) is 10.00 Å². The third kappa shape index (κ3) is 2.49. The van der Waals surface area contributed by atoms with Crippen molar-refractivity contribution in [3.8, 4) is 17.7 Å². The van der Waals surface area contributed by atoms with E-state index in [9.17, 15) is 0 Å². The summed E-state index contributed by atoms with van der Waals surface area (Å²) < 4.78 is 6.60. The predicted octanol–water partition coefficient (Wildman–Crippen LogP) is 3.35. The van der Waals surface area contributed by atoms with E-state index in [-0.39, 0.29) is 0 Å². The van der Waals surface area contributed by atoms with E-state index in [1.807, 2.05) is 30.3 Å². The van der Waals surface area contributed by atoms with Gasteiger partial charge in [-0.05, 0) is 40.8 Å². The summed E-state index contributed by atoms with van der Waals surface area (Å²) in [5.74, 6) is 1.25. The lowest BCUT2D eigenvalue weighted by molar-refractivity contribution is 0.459. The predicted molar refractivity (Wildman–Crippen MR) is 68.2 cm³/mol. The van der Waals surface area contributed by atoms with Gasteiger partial charge in [-0.3, -0.25) is 0 Å². The van der Waals surface area contributed by atoms with Crippen molar-refractivity contribution in [1.29, 1.82) is 5.26 Å². The highest BCUT2D eigenvalue weighted by Crippen LogP contribution is 2.24. The van der Waals surface area contributed by atoms with Crippen LogP contribution in [0.3, 0.4) is 0 Å². The van der Waals surface area contributed by atoms with Crippen molar-refractivity contribution in [2.45, 2.75) is 0 Å². The van der Waals surface area contributed by atoms with Crippen LogP contribution in [0.4, 0.5) is 0 Å². The second-order valence-corrected chi connectivity index (χ2v) is 4.19. The van der Waals surface area contributed by atoms with E-state index in [2.05, 4.69) is 27.6 Å². The first-order valence-electron chi connectivity index (χ1n) is 4.58. The minimum atomic E-state index is 0.489. The minimum absolute atomic E-state index is 0.489. The van der Waals surface area contributed by atoms with Crippen LogP contribution in [0.15, 0.2) is 42.6 Å². The number of halogens is 1. The highest BCUT2D eigenvalue weighted by molar-refractivity contribution is 14.1. The fourth-order valence-electron chi connectivity index (χ4n) is 1.15. The molecule has 0 aliphatic carbocycles. The summed E-state index contributed by atoms with van der Waals surface area (Å²) in [4.78, 5) is 4.04. The van der Waals surface area contributed by atoms with Crippen molar-refractivity contribution in [2.24, 2.45) is 0 Å². The number of pyridine rings is 1. The van der Waals surface area contributed by atoms with E-state index in [1.165, 1.54) is 6.20 Å². The topological polar surface area (TPSA) is 45.9 Å². The molecular formula is C12H7IN2O. The first-order valence-corrected chi connectivity index (χ1v) is 5.66. The molecule has 0 aliphatic heterocycles. The zero-order valence-corrected chi connectivity index (χ0v) is 10.4. The van der Waals surface area contributed by atoms with E-state index < -0.39 is 0 Å². The molecular weight excluding hydrogens is 315 g/mol. The van der Waals surface area contributed by atoms with Crippen molar-refractivity contribution < 1.29 is 4.74 Å². The number of hydrogen-bond donors (Lipinski definition) is 0. The molecule has 16 heavy (non-hydrogen) atoms. The van der Waals surface area contributed by atoms with Crippen LogP contribution in [0.25, 0.3) is 0 Å². The van der Waals surface area contributed by atoms with Crippen molar-refractivity contribution in [3.05, 3.63) is 51.7 Å². The van der Waals surface area contributed by atoms with Crippen molar-refractivity contribution >= 4 is 22.6 Å². The van der Waals surface area contributed by atoms with Gasteiger partial charge in [0.2, 0.25) is 5.88 Å². The molecule has 0 fully saturated rings. The van der Waals surface area contributed by atoms with Gasteiger partial charge in [0.05, 0.1) is 9.13 Å². The van der Waals surface area contributed by atoms with Gasteiger partial charge in [0.1, 0.15) is 11.8 Å². The third-order valence-corrected chi connectivity index (χ3v) is 2.81. The lowest BCUT2D eigenvalue weighted by Gasteiger charge is -2.05. The Morgan fingerprint density at radius 2 is 2.00 bits per heavy atom. The highest BCUT2D eigenvalue weighted by Gasteiger charge is 2.02. The number of benzene rings is 1. The van der Waals surface area contributed by atoms with Crippen LogP contribution >= 0.6 is 22.6 Å². The molecule has 0 radical (unpaired) electrons. The molecule has 0 unspecified atom stereocenters. The lowest BCUT2D eigenvalue weighted by Crippen LogP contribution is -1.89. The summed E-state index contributed by atoms with van der Waals surface area (Å²) in [7, 11) is 0. The number of nitrogens with zero attached hydrogens (tertiary/aromatic N) is 2. The van der Waals surface area contributed by atoms with Crippen LogP contribution in [0.1, 0.15) is 5.56 Å². The molecule has 0 bridgehead atoms. The van der Waals surface area contributed by atoms with Gasteiger partial charge in [0.25, 0.3) is 0 Å². The number of para-hydroxylation sites is 1. The summed E-state index contributed by atoms with van der Waals surface area (Å²) >= 11 is 2.20. The summed E-state index contributed by atoms with van der Waals surface area (Å²) in [5, 5.41) is 8.63. The summed E-state index contributed by atoms with van der Waals surface area (Å²) in [5.41, 5.74) is 0.523. The molecule has 2 aromatic rings.